The third-order valence-corrected chi connectivity index (χ3v) is 6.25. The van der Waals surface area contributed by atoms with Crippen LogP contribution in [0.5, 0.6) is 11.5 Å². The number of hydrogen-bond acceptors (Lipinski definition) is 6. The summed E-state index contributed by atoms with van der Waals surface area (Å²) in [6.07, 6.45) is 1.52. The smallest absolute Gasteiger partial charge is 0.269 e. The van der Waals surface area contributed by atoms with E-state index in [0.717, 1.165) is 12.7 Å². The van der Waals surface area contributed by atoms with Crippen LogP contribution in [0.1, 0.15) is 18.1 Å². The molecule has 0 aliphatic rings. The average Bonchev–Trinajstić information content (AvgIpc) is 2.83. The van der Waals surface area contributed by atoms with Crippen molar-refractivity contribution in [2.45, 2.75) is 13.5 Å². The molecule has 1 amide bonds. The summed E-state index contributed by atoms with van der Waals surface area (Å²) in [5, 5.41) is 23.1. The summed E-state index contributed by atoms with van der Waals surface area (Å²) in [6, 6.07) is 18.7. The Morgan fingerprint density at radius 1 is 1.09 bits per heavy atom. The van der Waals surface area contributed by atoms with Crippen LogP contribution in [-0.4, -0.2) is 17.4 Å². The summed E-state index contributed by atoms with van der Waals surface area (Å²) in [7, 11) is 0. The SMILES string of the molecule is CCOc1ccc(NC(=O)/C(C#N)=C/c2cc(I)c(OCc3ccc([N+](=O)[O-])cc3)c(I)c2)cc1. The maximum Gasteiger partial charge on any atom is 0.269 e. The molecule has 3 aromatic carbocycles. The minimum atomic E-state index is -0.514. The van der Waals surface area contributed by atoms with Crippen LogP contribution in [0.15, 0.2) is 66.2 Å². The van der Waals surface area contributed by atoms with Gasteiger partial charge >= 0.3 is 0 Å². The normalized spacial score (nSPS) is 10.9. The van der Waals surface area contributed by atoms with E-state index in [1.807, 2.05) is 25.1 Å². The Kier molecular flexibility index (Phi) is 9.44. The first-order valence-electron chi connectivity index (χ1n) is 10.3. The third kappa shape index (κ3) is 7.40. The molecule has 0 spiro atoms. The second-order valence-electron chi connectivity index (χ2n) is 7.11. The van der Waals surface area contributed by atoms with Gasteiger partial charge in [-0.1, -0.05) is 0 Å². The molecule has 0 radical (unpaired) electrons. The largest absolute Gasteiger partial charge is 0.494 e. The van der Waals surface area contributed by atoms with Crippen LogP contribution in [0, 0.1) is 28.6 Å². The number of non-ortho nitro benzene ring substituents is 1. The zero-order valence-electron chi connectivity index (χ0n) is 18.5. The van der Waals surface area contributed by atoms with Gasteiger partial charge in [-0.15, -0.1) is 0 Å². The molecule has 0 aliphatic carbocycles. The minimum absolute atomic E-state index is 0.0221. The van der Waals surface area contributed by atoms with Gasteiger partial charge in [-0.25, -0.2) is 0 Å². The highest BCUT2D eigenvalue weighted by atomic mass is 127. The van der Waals surface area contributed by atoms with E-state index >= 15 is 0 Å². The van der Waals surface area contributed by atoms with Gasteiger partial charge in [0.1, 0.15) is 29.7 Å². The number of amides is 1. The van der Waals surface area contributed by atoms with E-state index in [1.54, 1.807) is 36.4 Å². The molecule has 178 valence electrons. The number of benzene rings is 3. The second kappa shape index (κ2) is 12.5. The second-order valence-corrected chi connectivity index (χ2v) is 9.43. The number of halogens is 2. The first-order valence-corrected chi connectivity index (χ1v) is 12.5. The number of nitro benzene ring substituents is 1. The lowest BCUT2D eigenvalue weighted by Crippen LogP contribution is -2.13. The number of anilines is 1. The van der Waals surface area contributed by atoms with Gasteiger partial charge in [0.05, 0.1) is 18.7 Å². The molecule has 0 bridgehead atoms. The summed E-state index contributed by atoms with van der Waals surface area (Å²) in [5.74, 6) is 0.834. The highest BCUT2D eigenvalue weighted by molar-refractivity contribution is 14.1. The number of nitrogens with one attached hydrogen (secondary N) is 1. The molecular weight excluding hydrogens is 676 g/mol. The Balaban J connectivity index is 1.71. The molecule has 10 heteroatoms. The van der Waals surface area contributed by atoms with Gasteiger partial charge in [0, 0.05) is 17.8 Å². The van der Waals surface area contributed by atoms with Crippen molar-refractivity contribution in [2.24, 2.45) is 0 Å². The number of carbonyl (C=O) groups excluding carboxylic acids is 1. The van der Waals surface area contributed by atoms with Crippen molar-refractivity contribution >= 4 is 68.5 Å². The van der Waals surface area contributed by atoms with E-state index < -0.39 is 10.8 Å². The molecule has 0 saturated carbocycles. The zero-order chi connectivity index (χ0) is 25.4. The number of nitro groups is 1. The maximum absolute atomic E-state index is 12.6. The summed E-state index contributed by atoms with van der Waals surface area (Å²) in [4.78, 5) is 23.0. The van der Waals surface area contributed by atoms with Gasteiger partial charge < -0.3 is 14.8 Å². The Labute approximate surface area is 229 Å². The summed E-state index contributed by atoms with van der Waals surface area (Å²) < 4.78 is 12.9. The van der Waals surface area contributed by atoms with Crippen molar-refractivity contribution in [3.8, 4) is 17.6 Å². The fraction of sp³-hybridized carbons (Fsp3) is 0.120. The van der Waals surface area contributed by atoms with Gasteiger partial charge in [0.25, 0.3) is 11.6 Å². The summed E-state index contributed by atoms with van der Waals surface area (Å²) in [6.45, 7) is 2.68. The van der Waals surface area contributed by atoms with Crippen molar-refractivity contribution in [3.05, 3.63) is 94.6 Å². The fourth-order valence-electron chi connectivity index (χ4n) is 2.98. The summed E-state index contributed by atoms with van der Waals surface area (Å²) >= 11 is 4.26. The van der Waals surface area contributed by atoms with Gasteiger partial charge in [0.15, 0.2) is 0 Å². The monoisotopic (exact) mass is 695 g/mol. The van der Waals surface area contributed by atoms with E-state index in [-0.39, 0.29) is 17.9 Å². The molecule has 35 heavy (non-hydrogen) atoms. The van der Waals surface area contributed by atoms with Crippen LogP contribution in [0.3, 0.4) is 0 Å². The summed E-state index contributed by atoms with van der Waals surface area (Å²) in [5.41, 5.74) is 2.02. The molecule has 0 fully saturated rings. The number of hydrogen-bond donors (Lipinski definition) is 1. The Hall–Kier alpha value is -3.18. The van der Waals surface area contributed by atoms with Crippen LogP contribution in [0.2, 0.25) is 0 Å². The number of nitrogens with zero attached hydrogens (tertiary/aromatic N) is 2. The number of nitriles is 1. The first kappa shape index (κ1) is 26.4. The Morgan fingerprint density at radius 3 is 2.26 bits per heavy atom. The minimum Gasteiger partial charge on any atom is -0.494 e. The third-order valence-electron chi connectivity index (χ3n) is 4.65. The Bertz CT molecular complexity index is 1280. The lowest BCUT2D eigenvalue weighted by molar-refractivity contribution is -0.384. The highest BCUT2D eigenvalue weighted by Crippen LogP contribution is 2.31. The van der Waals surface area contributed by atoms with Crippen LogP contribution < -0.4 is 14.8 Å². The lowest BCUT2D eigenvalue weighted by atomic mass is 10.1. The van der Waals surface area contributed by atoms with Crippen molar-refractivity contribution in [1.29, 1.82) is 5.26 Å². The van der Waals surface area contributed by atoms with E-state index in [1.165, 1.54) is 18.2 Å². The molecule has 0 unspecified atom stereocenters. The molecule has 8 nitrogen and oxygen atoms in total. The van der Waals surface area contributed by atoms with Crippen LogP contribution in [0.4, 0.5) is 11.4 Å². The van der Waals surface area contributed by atoms with E-state index in [4.69, 9.17) is 9.47 Å². The predicted molar refractivity (Wildman–Crippen MR) is 149 cm³/mol. The highest BCUT2D eigenvalue weighted by Gasteiger charge is 2.13. The topological polar surface area (TPSA) is 114 Å². The standard InChI is InChI=1S/C25H19I2N3O5/c1-2-34-21-9-5-19(6-10-21)29-25(31)18(14-28)11-17-12-22(26)24(23(27)13-17)35-15-16-3-7-20(8-4-16)30(32)33/h3-13H,2,15H2,1H3,(H,29,31)/b18-11+. The van der Waals surface area contributed by atoms with Gasteiger partial charge in [-0.05, 0) is 118 Å². The van der Waals surface area contributed by atoms with Crippen molar-refractivity contribution in [3.63, 3.8) is 0 Å². The fourth-order valence-corrected chi connectivity index (χ4v) is 5.11. The maximum atomic E-state index is 12.6. The first-order chi connectivity index (χ1) is 16.8. The van der Waals surface area contributed by atoms with Crippen LogP contribution >= 0.6 is 45.2 Å². The number of carbonyl (C=O) groups is 1. The van der Waals surface area contributed by atoms with Crippen molar-refractivity contribution in [2.75, 3.05) is 11.9 Å². The Morgan fingerprint density at radius 2 is 1.71 bits per heavy atom. The molecule has 3 rings (SSSR count). The zero-order valence-corrected chi connectivity index (χ0v) is 22.8. The molecule has 0 heterocycles. The van der Waals surface area contributed by atoms with E-state index in [9.17, 15) is 20.2 Å². The predicted octanol–water partition coefficient (Wildman–Crippen LogP) is 6.33. The average molecular weight is 695 g/mol. The molecular formula is C25H19I2N3O5. The van der Waals surface area contributed by atoms with E-state index in [0.29, 0.717) is 29.4 Å². The number of ether oxygens (including phenoxy) is 2. The molecule has 0 saturated heterocycles. The van der Waals surface area contributed by atoms with Gasteiger partial charge in [0.2, 0.25) is 0 Å². The number of rotatable bonds is 9. The molecule has 0 atom stereocenters. The quantitative estimate of drug-likeness (QED) is 0.0921. The van der Waals surface area contributed by atoms with Gasteiger partial charge in [-0.2, -0.15) is 5.26 Å². The van der Waals surface area contributed by atoms with Gasteiger partial charge in [-0.3, -0.25) is 14.9 Å². The van der Waals surface area contributed by atoms with Crippen LogP contribution in [0.25, 0.3) is 6.08 Å². The van der Waals surface area contributed by atoms with Crippen molar-refractivity contribution in [1.82, 2.24) is 0 Å². The molecule has 0 aromatic heterocycles. The molecule has 1 N–H and O–H groups in total. The van der Waals surface area contributed by atoms with E-state index in [2.05, 4.69) is 50.5 Å². The van der Waals surface area contributed by atoms with Crippen molar-refractivity contribution < 1.29 is 19.2 Å². The molecule has 3 aromatic rings. The lowest BCUT2D eigenvalue weighted by Gasteiger charge is -2.12. The molecule has 0 aliphatic heterocycles. The van der Waals surface area contributed by atoms with Crippen LogP contribution in [-0.2, 0) is 11.4 Å².